The standard InChI is InChI=1S/C15H12ClN3O2/c16-11-5-8-7-17-18-12(8)6-13(11)19-14(20)9-3-1-2-4-10(9)15(19)21/h5-7H,1-4H2,(H,17,18). The molecule has 0 saturated heterocycles. The number of rotatable bonds is 1. The fourth-order valence-electron chi connectivity index (χ4n) is 3.08. The number of nitrogens with zero attached hydrogens (tertiary/aromatic N) is 2. The second-order valence-corrected chi connectivity index (χ2v) is 5.78. The largest absolute Gasteiger partial charge is 0.278 e. The average Bonchev–Trinajstić information content (AvgIpc) is 3.03. The van der Waals surface area contributed by atoms with E-state index in [2.05, 4.69) is 10.2 Å². The number of aromatic amines is 1. The van der Waals surface area contributed by atoms with Crippen LogP contribution in [0, 0.1) is 0 Å². The lowest BCUT2D eigenvalue weighted by molar-refractivity contribution is -0.120. The monoisotopic (exact) mass is 301 g/mol. The number of hydrogen-bond acceptors (Lipinski definition) is 3. The van der Waals surface area contributed by atoms with Gasteiger partial charge >= 0.3 is 0 Å². The van der Waals surface area contributed by atoms with E-state index in [0.29, 0.717) is 34.7 Å². The highest BCUT2D eigenvalue weighted by molar-refractivity contribution is 6.39. The van der Waals surface area contributed by atoms with Gasteiger partial charge in [0.2, 0.25) is 0 Å². The molecule has 0 bridgehead atoms. The molecule has 1 aliphatic heterocycles. The summed E-state index contributed by atoms with van der Waals surface area (Å²) in [6.45, 7) is 0. The lowest BCUT2D eigenvalue weighted by Crippen LogP contribution is -2.31. The number of carbonyl (C=O) groups excluding carboxylic acids is 2. The zero-order valence-electron chi connectivity index (χ0n) is 11.1. The summed E-state index contributed by atoms with van der Waals surface area (Å²) in [4.78, 5) is 26.3. The highest BCUT2D eigenvalue weighted by Crippen LogP contribution is 2.39. The van der Waals surface area contributed by atoms with Crippen molar-refractivity contribution >= 4 is 40.0 Å². The highest BCUT2D eigenvalue weighted by Gasteiger charge is 2.40. The van der Waals surface area contributed by atoms with Crippen molar-refractivity contribution in [1.29, 1.82) is 0 Å². The first kappa shape index (κ1) is 12.6. The Kier molecular flexibility index (Phi) is 2.65. The smallest absolute Gasteiger partial charge is 0.261 e. The van der Waals surface area contributed by atoms with Gasteiger partial charge in [0, 0.05) is 16.5 Å². The number of amides is 2. The molecule has 0 radical (unpaired) electrons. The summed E-state index contributed by atoms with van der Waals surface area (Å²) in [5.74, 6) is -0.453. The molecule has 0 fully saturated rings. The summed E-state index contributed by atoms with van der Waals surface area (Å²) in [6, 6.07) is 3.42. The van der Waals surface area contributed by atoms with Gasteiger partial charge in [-0.25, -0.2) is 4.90 Å². The number of carbonyl (C=O) groups is 2. The molecule has 106 valence electrons. The lowest BCUT2D eigenvalue weighted by atomic mass is 9.93. The quantitative estimate of drug-likeness (QED) is 0.824. The van der Waals surface area contributed by atoms with E-state index in [4.69, 9.17) is 11.6 Å². The Balaban J connectivity index is 1.84. The van der Waals surface area contributed by atoms with Gasteiger partial charge in [0.1, 0.15) is 0 Å². The van der Waals surface area contributed by atoms with Crippen LogP contribution in [0.2, 0.25) is 5.02 Å². The molecular formula is C15H12ClN3O2. The second kappa shape index (κ2) is 4.43. The third-order valence-corrected chi connectivity index (χ3v) is 4.44. The predicted molar refractivity (Wildman–Crippen MR) is 79.1 cm³/mol. The molecule has 4 rings (SSSR count). The van der Waals surface area contributed by atoms with Gasteiger partial charge in [0.05, 0.1) is 22.4 Å². The van der Waals surface area contributed by atoms with E-state index in [-0.39, 0.29) is 11.8 Å². The van der Waals surface area contributed by atoms with Gasteiger partial charge in [-0.1, -0.05) is 11.6 Å². The van der Waals surface area contributed by atoms with Gasteiger partial charge in [0.25, 0.3) is 11.8 Å². The Morgan fingerprint density at radius 2 is 1.76 bits per heavy atom. The summed E-state index contributed by atoms with van der Waals surface area (Å²) in [7, 11) is 0. The molecule has 2 amide bonds. The molecule has 5 nitrogen and oxygen atoms in total. The van der Waals surface area contributed by atoms with Gasteiger partial charge in [-0.15, -0.1) is 0 Å². The fourth-order valence-corrected chi connectivity index (χ4v) is 3.34. The molecule has 2 aromatic rings. The van der Waals surface area contributed by atoms with Gasteiger partial charge in [-0.2, -0.15) is 5.10 Å². The number of fused-ring (bicyclic) bond motifs is 1. The maximum Gasteiger partial charge on any atom is 0.261 e. The van der Waals surface area contributed by atoms with Crippen molar-refractivity contribution < 1.29 is 9.59 Å². The molecule has 1 aliphatic carbocycles. The summed E-state index contributed by atoms with van der Waals surface area (Å²) < 4.78 is 0. The minimum absolute atomic E-state index is 0.226. The van der Waals surface area contributed by atoms with E-state index in [0.717, 1.165) is 23.7 Å². The molecule has 0 atom stereocenters. The number of halogens is 1. The summed E-state index contributed by atoms with van der Waals surface area (Å²) in [5, 5.41) is 8.00. The molecule has 1 aromatic carbocycles. The number of nitrogens with one attached hydrogen (secondary N) is 1. The molecule has 0 unspecified atom stereocenters. The van der Waals surface area contributed by atoms with Crippen molar-refractivity contribution in [3.8, 4) is 0 Å². The van der Waals surface area contributed by atoms with Crippen LogP contribution in [0.3, 0.4) is 0 Å². The number of imide groups is 1. The Morgan fingerprint density at radius 3 is 2.43 bits per heavy atom. The van der Waals surface area contributed by atoms with E-state index in [1.807, 2.05) is 0 Å². The molecule has 21 heavy (non-hydrogen) atoms. The normalized spacial score (nSPS) is 18.8. The molecule has 2 aliphatic rings. The van der Waals surface area contributed by atoms with E-state index >= 15 is 0 Å². The van der Waals surface area contributed by atoms with E-state index in [1.165, 1.54) is 4.90 Å². The summed E-state index contributed by atoms with van der Waals surface area (Å²) in [6.07, 6.45) is 4.93. The minimum Gasteiger partial charge on any atom is -0.278 e. The van der Waals surface area contributed by atoms with Crippen LogP contribution in [0.4, 0.5) is 5.69 Å². The average molecular weight is 302 g/mol. The van der Waals surface area contributed by atoms with Crippen molar-refractivity contribution in [2.45, 2.75) is 25.7 Å². The van der Waals surface area contributed by atoms with E-state index in [1.54, 1.807) is 18.3 Å². The maximum absolute atomic E-state index is 12.5. The fraction of sp³-hybridized carbons (Fsp3) is 0.267. The summed E-state index contributed by atoms with van der Waals surface area (Å²) >= 11 is 6.26. The highest BCUT2D eigenvalue weighted by atomic mass is 35.5. The Morgan fingerprint density at radius 1 is 1.10 bits per heavy atom. The van der Waals surface area contributed by atoms with Crippen LogP contribution in [-0.2, 0) is 9.59 Å². The van der Waals surface area contributed by atoms with Crippen LogP contribution < -0.4 is 4.90 Å². The van der Waals surface area contributed by atoms with Gasteiger partial charge in [-0.05, 0) is 37.8 Å². The molecule has 0 saturated carbocycles. The minimum atomic E-state index is -0.226. The van der Waals surface area contributed by atoms with Crippen LogP contribution >= 0.6 is 11.6 Å². The van der Waals surface area contributed by atoms with Gasteiger partial charge in [-0.3, -0.25) is 14.7 Å². The molecule has 6 heteroatoms. The van der Waals surface area contributed by atoms with Crippen LogP contribution in [-0.4, -0.2) is 22.0 Å². The van der Waals surface area contributed by atoms with Crippen molar-refractivity contribution in [3.05, 3.63) is 34.5 Å². The number of aromatic nitrogens is 2. The Hall–Kier alpha value is -2.14. The number of H-pyrrole nitrogens is 1. The number of hydrogen-bond donors (Lipinski definition) is 1. The van der Waals surface area contributed by atoms with Crippen molar-refractivity contribution in [3.63, 3.8) is 0 Å². The molecule has 1 N–H and O–H groups in total. The molecule has 2 heterocycles. The lowest BCUT2D eigenvalue weighted by Gasteiger charge is -2.16. The topological polar surface area (TPSA) is 66.1 Å². The van der Waals surface area contributed by atoms with Crippen LogP contribution in [0.15, 0.2) is 29.5 Å². The Bertz CT molecular complexity index is 793. The zero-order valence-corrected chi connectivity index (χ0v) is 11.9. The van der Waals surface area contributed by atoms with E-state index < -0.39 is 0 Å². The number of anilines is 1. The third kappa shape index (κ3) is 1.74. The van der Waals surface area contributed by atoms with Crippen molar-refractivity contribution in [1.82, 2.24) is 10.2 Å². The molecular weight excluding hydrogens is 290 g/mol. The third-order valence-electron chi connectivity index (χ3n) is 4.14. The van der Waals surface area contributed by atoms with Crippen LogP contribution in [0.25, 0.3) is 10.9 Å². The van der Waals surface area contributed by atoms with Gasteiger partial charge in [0.15, 0.2) is 0 Å². The van der Waals surface area contributed by atoms with Gasteiger partial charge < -0.3 is 0 Å². The predicted octanol–water partition coefficient (Wildman–Crippen LogP) is 2.96. The van der Waals surface area contributed by atoms with Crippen molar-refractivity contribution in [2.75, 3.05) is 4.90 Å². The SMILES string of the molecule is O=C1C2=C(CCCC2)C(=O)N1c1cc2[nH]ncc2cc1Cl. The zero-order chi connectivity index (χ0) is 14.6. The second-order valence-electron chi connectivity index (χ2n) is 5.37. The summed E-state index contributed by atoms with van der Waals surface area (Å²) in [5.41, 5.74) is 2.50. The first-order valence-electron chi connectivity index (χ1n) is 6.90. The molecule has 1 aromatic heterocycles. The van der Waals surface area contributed by atoms with Crippen LogP contribution in [0.5, 0.6) is 0 Å². The van der Waals surface area contributed by atoms with E-state index in [9.17, 15) is 9.59 Å². The molecule has 0 spiro atoms. The van der Waals surface area contributed by atoms with Crippen LogP contribution in [0.1, 0.15) is 25.7 Å². The first-order chi connectivity index (χ1) is 10.2. The van der Waals surface area contributed by atoms with Crippen molar-refractivity contribution in [2.24, 2.45) is 0 Å². The number of benzene rings is 1. The Labute approximate surface area is 125 Å². The first-order valence-corrected chi connectivity index (χ1v) is 7.28. The maximum atomic E-state index is 12.5.